The molecule has 0 fully saturated rings. The summed E-state index contributed by atoms with van der Waals surface area (Å²) in [5, 5.41) is 2.54. The second-order valence-electron chi connectivity index (χ2n) is 4.80. The molecule has 2 amide bonds. The van der Waals surface area contributed by atoms with Gasteiger partial charge in [0.25, 0.3) is 0 Å². The van der Waals surface area contributed by atoms with Crippen LogP contribution in [0.5, 0.6) is 0 Å². The Balaban J connectivity index is 0. The van der Waals surface area contributed by atoms with Gasteiger partial charge in [0.1, 0.15) is 0 Å². The van der Waals surface area contributed by atoms with Crippen LogP contribution in [0.1, 0.15) is 27.2 Å². The van der Waals surface area contributed by atoms with Gasteiger partial charge in [-0.15, -0.1) is 0 Å². The Labute approximate surface area is 159 Å². The van der Waals surface area contributed by atoms with Crippen molar-refractivity contribution in [2.75, 3.05) is 47.7 Å². The van der Waals surface area contributed by atoms with Crippen molar-refractivity contribution in [3.05, 3.63) is 12.3 Å². The normalized spacial score (nSPS) is 11.5. The first-order chi connectivity index (χ1) is 12.3. The fourth-order valence-electron chi connectivity index (χ4n) is 2.02. The van der Waals surface area contributed by atoms with Gasteiger partial charge in [0.05, 0.1) is 0 Å². The van der Waals surface area contributed by atoms with Gasteiger partial charge in [0, 0.05) is 53.7 Å². The Hall–Kier alpha value is -0.796. The minimum absolute atomic E-state index is 0.511. The van der Waals surface area contributed by atoms with Crippen molar-refractivity contribution in [3.8, 4) is 0 Å². The summed E-state index contributed by atoms with van der Waals surface area (Å²) in [5.74, 6) is 0. The minimum atomic E-state index is -2.56. The molecule has 0 aliphatic heterocycles. The van der Waals surface area contributed by atoms with Crippen molar-refractivity contribution < 1.29 is 31.4 Å². The van der Waals surface area contributed by atoms with E-state index in [1.54, 1.807) is 27.0 Å². The molecule has 0 radical (unpaired) electrons. The average Bonchev–Trinajstić information content (AvgIpc) is 2.62. The van der Waals surface area contributed by atoms with E-state index in [1.165, 1.54) is 0 Å². The van der Waals surface area contributed by atoms with Crippen molar-refractivity contribution >= 4 is 23.6 Å². The highest BCUT2D eigenvalue weighted by Crippen LogP contribution is 2.17. The van der Waals surface area contributed by atoms with E-state index in [0.717, 1.165) is 6.42 Å². The summed E-state index contributed by atoms with van der Waals surface area (Å²) in [6, 6.07) is 0.171. The van der Waals surface area contributed by atoms with E-state index in [1.807, 2.05) is 20.8 Å². The van der Waals surface area contributed by atoms with Crippen molar-refractivity contribution in [3.63, 3.8) is 0 Å². The molecule has 0 aliphatic carbocycles. The molecule has 0 saturated carbocycles. The molecular weight excluding hydrogens is 376 g/mol. The largest absolute Gasteiger partial charge is 0.528 e. The summed E-state index contributed by atoms with van der Waals surface area (Å²) in [6.45, 7) is 11.5. The zero-order chi connectivity index (χ0) is 20.5. The highest BCUT2D eigenvalue weighted by atomic mass is 28.4. The summed E-state index contributed by atoms with van der Waals surface area (Å²) < 4.78 is 31.9. The third kappa shape index (κ3) is 11.7. The molecule has 0 saturated heterocycles. The van der Waals surface area contributed by atoms with E-state index < -0.39 is 23.6 Å². The Bertz CT molecular complexity index is 347. The number of urea groups is 1. The van der Waals surface area contributed by atoms with Gasteiger partial charge in [0.2, 0.25) is 0 Å². The third-order valence-corrected chi connectivity index (χ3v) is 8.51. The van der Waals surface area contributed by atoms with Gasteiger partial charge in [-0.05, 0) is 32.9 Å². The van der Waals surface area contributed by atoms with E-state index in [0.29, 0.717) is 32.4 Å². The number of carbonyl (C=O) groups is 1. The van der Waals surface area contributed by atoms with Crippen molar-refractivity contribution in [2.45, 2.75) is 33.2 Å². The highest BCUT2D eigenvalue weighted by Gasteiger charge is 2.39. The first-order valence-corrected chi connectivity index (χ1v) is 12.3. The van der Waals surface area contributed by atoms with Crippen LogP contribution >= 0.6 is 0 Å². The van der Waals surface area contributed by atoms with Crippen LogP contribution in [0, 0.1) is 0 Å². The zero-order valence-corrected chi connectivity index (χ0v) is 19.0. The second-order valence-corrected chi connectivity index (χ2v) is 10.4. The quantitative estimate of drug-likeness (QED) is 0.330. The Morgan fingerprint density at radius 1 is 1.00 bits per heavy atom. The number of rotatable bonds is 14. The smallest absolute Gasteiger partial charge is 0.374 e. The van der Waals surface area contributed by atoms with E-state index in [2.05, 4.69) is 11.9 Å². The Morgan fingerprint density at radius 2 is 1.42 bits per heavy atom. The maximum atomic E-state index is 10.5. The fraction of sp³-hybridized carbons (Fsp3) is 0.800. The number of primary amides is 1. The molecule has 3 N–H and O–H groups in total. The lowest BCUT2D eigenvalue weighted by molar-refractivity contribution is 0.0708. The molecule has 0 aromatic carbocycles. The molecule has 0 bridgehead atoms. The number of hydrogen-bond acceptors (Lipinski definition) is 7. The number of nitrogens with one attached hydrogen (secondary N) is 1. The molecule has 0 unspecified atom stereocenters. The SMILES string of the molecule is C=C[Si](OC)(OC)OC.CCO[Si](CCCNC(N)=O)(OCC)OCC. The molecule has 0 aromatic heterocycles. The van der Waals surface area contributed by atoms with Crippen LogP contribution in [0.4, 0.5) is 4.79 Å². The van der Waals surface area contributed by atoms with Crippen LogP contribution in [0.3, 0.4) is 0 Å². The van der Waals surface area contributed by atoms with E-state index in [-0.39, 0.29) is 0 Å². The first kappa shape index (κ1) is 27.4. The number of carbonyl (C=O) groups excluding carboxylic acids is 1. The lowest BCUT2D eigenvalue weighted by atomic mass is 10.5. The van der Waals surface area contributed by atoms with Gasteiger partial charge in [0.15, 0.2) is 0 Å². The summed E-state index contributed by atoms with van der Waals surface area (Å²) in [7, 11) is -0.359. The summed E-state index contributed by atoms with van der Waals surface area (Å²) in [6.07, 6.45) is 0.731. The Kier molecular flexibility index (Phi) is 17.3. The first-order valence-electron chi connectivity index (χ1n) is 8.58. The predicted octanol–water partition coefficient (Wildman–Crippen LogP) is 1.68. The lowest BCUT2D eigenvalue weighted by Crippen LogP contribution is -2.46. The summed E-state index contributed by atoms with van der Waals surface area (Å²) >= 11 is 0. The van der Waals surface area contributed by atoms with Crippen LogP contribution in [-0.2, 0) is 26.6 Å². The maximum Gasteiger partial charge on any atom is 0.528 e. The van der Waals surface area contributed by atoms with Crippen molar-refractivity contribution in [1.29, 1.82) is 0 Å². The molecule has 9 nitrogen and oxygen atoms in total. The van der Waals surface area contributed by atoms with E-state index >= 15 is 0 Å². The maximum absolute atomic E-state index is 10.5. The number of nitrogens with two attached hydrogens (primary N) is 1. The molecule has 0 atom stereocenters. The standard InChI is InChI=1S/C10H24N2O4Si.C5H12O3Si/c1-4-14-17(15-5-2,16-6-3)9-7-8-12-10(11)13;1-5-9(6-2,7-3)8-4/h4-9H2,1-3H3,(H3,11,12,13);5H,1H2,2-4H3. The van der Waals surface area contributed by atoms with Crippen molar-refractivity contribution in [1.82, 2.24) is 5.32 Å². The molecule has 26 heavy (non-hydrogen) atoms. The minimum Gasteiger partial charge on any atom is -0.374 e. The topological polar surface area (TPSA) is 110 Å². The third-order valence-electron chi connectivity index (χ3n) is 3.16. The van der Waals surface area contributed by atoms with E-state index in [9.17, 15) is 4.79 Å². The van der Waals surface area contributed by atoms with Crippen LogP contribution < -0.4 is 11.1 Å². The van der Waals surface area contributed by atoms with Crippen LogP contribution in [-0.4, -0.2) is 71.3 Å². The predicted molar refractivity (Wildman–Crippen MR) is 105 cm³/mol. The zero-order valence-electron chi connectivity index (χ0n) is 17.0. The van der Waals surface area contributed by atoms with Gasteiger partial charge < -0.3 is 37.6 Å². The van der Waals surface area contributed by atoms with Crippen LogP contribution in [0.2, 0.25) is 6.04 Å². The monoisotopic (exact) mass is 412 g/mol. The molecule has 0 heterocycles. The number of hydrogen-bond donors (Lipinski definition) is 2. The van der Waals surface area contributed by atoms with Gasteiger partial charge in [-0.25, -0.2) is 4.79 Å². The van der Waals surface area contributed by atoms with Gasteiger partial charge in [-0.2, -0.15) is 0 Å². The van der Waals surface area contributed by atoms with Gasteiger partial charge >= 0.3 is 23.6 Å². The highest BCUT2D eigenvalue weighted by molar-refractivity contribution is 6.66. The fourth-order valence-corrected chi connectivity index (χ4v) is 5.63. The average molecular weight is 413 g/mol. The molecule has 156 valence electrons. The molecule has 11 heteroatoms. The summed E-state index contributed by atoms with van der Waals surface area (Å²) in [5.41, 5.74) is 6.56. The number of amides is 2. The molecule has 0 rings (SSSR count). The summed E-state index contributed by atoms with van der Waals surface area (Å²) in [4.78, 5) is 10.5. The molecule has 0 aliphatic rings. The van der Waals surface area contributed by atoms with Gasteiger partial charge in [-0.3, -0.25) is 0 Å². The second kappa shape index (κ2) is 16.4. The Morgan fingerprint density at radius 3 is 1.65 bits per heavy atom. The van der Waals surface area contributed by atoms with Crippen molar-refractivity contribution in [2.24, 2.45) is 5.73 Å². The van der Waals surface area contributed by atoms with Crippen LogP contribution in [0.25, 0.3) is 0 Å². The van der Waals surface area contributed by atoms with Gasteiger partial charge in [-0.1, -0.05) is 6.58 Å². The molecule has 0 spiro atoms. The lowest BCUT2D eigenvalue weighted by Gasteiger charge is -2.28. The molecule has 0 aromatic rings. The van der Waals surface area contributed by atoms with E-state index in [4.69, 9.17) is 32.3 Å². The van der Waals surface area contributed by atoms with Crippen LogP contribution in [0.15, 0.2) is 12.3 Å². The molecular formula is C15H36N2O7Si2.